The molecule has 1 aliphatic rings. The minimum atomic E-state index is -0.255. The van der Waals surface area contributed by atoms with Gasteiger partial charge in [-0.05, 0) is 42.5 Å². The largest absolute Gasteiger partial charge is 0.350 e. The van der Waals surface area contributed by atoms with Crippen molar-refractivity contribution >= 4 is 29.2 Å². The first-order valence-electron chi connectivity index (χ1n) is 10.9. The molecule has 0 saturated heterocycles. The Labute approximate surface area is 193 Å². The van der Waals surface area contributed by atoms with Crippen LogP contribution in [0.2, 0.25) is 5.02 Å². The number of aromatic nitrogens is 2. The summed E-state index contributed by atoms with van der Waals surface area (Å²) in [5.41, 5.74) is 2.06. The van der Waals surface area contributed by atoms with Crippen LogP contribution in [-0.4, -0.2) is 35.0 Å². The summed E-state index contributed by atoms with van der Waals surface area (Å²) in [7, 11) is 1.65. The molecule has 1 atom stereocenters. The minimum Gasteiger partial charge on any atom is -0.350 e. The van der Waals surface area contributed by atoms with Gasteiger partial charge in [0.1, 0.15) is 5.82 Å². The molecule has 0 saturated carbocycles. The highest BCUT2D eigenvalue weighted by molar-refractivity contribution is 6.31. The first-order chi connectivity index (χ1) is 15.5. The summed E-state index contributed by atoms with van der Waals surface area (Å²) >= 11 is 6.07. The third-order valence-corrected chi connectivity index (χ3v) is 6.14. The predicted octanol–water partition coefficient (Wildman–Crippen LogP) is 4.68. The molecule has 0 fully saturated rings. The highest BCUT2D eigenvalue weighted by Gasteiger charge is 2.29. The van der Waals surface area contributed by atoms with Crippen molar-refractivity contribution in [2.24, 2.45) is 0 Å². The van der Waals surface area contributed by atoms with Gasteiger partial charge in [-0.15, -0.1) is 0 Å². The molecule has 1 aromatic heterocycles. The average molecular weight is 451 g/mol. The van der Waals surface area contributed by atoms with E-state index in [-0.39, 0.29) is 17.7 Å². The van der Waals surface area contributed by atoms with Gasteiger partial charge < -0.3 is 9.88 Å². The van der Waals surface area contributed by atoms with Crippen molar-refractivity contribution in [2.75, 3.05) is 18.5 Å². The van der Waals surface area contributed by atoms with Crippen molar-refractivity contribution in [3.05, 3.63) is 82.3 Å². The van der Waals surface area contributed by atoms with E-state index >= 15 is 0 Å². The maximum absolute atomic E-state index is 13.3. The maximum atomic E-state index is 13.3. The first kappa shape index (κ1) is 22.1. The molecule has 2 amide bonds. The summed E-state index contributed by atoms with van der Waals surface area (Å²) in [6.07, 6.45) is 2.80. The number of nitrogens with one attached hydrogen (secondary N) is 1. The van der Waals surface area contributed by atoms with Crippen LogP contribution in [0, 0.1) is 0 Å². The molecule has 32 heavy (non-hydrogen) atoms. The van der Waals surface area contributed by atoms with Gasteiger partial charge in [0.05, 0.1) is 0 Å². The van der Waals surface area contributed by atoms with Crippen molar-refractivity contribution in [3.63, 3.8) is 0 Å². The molecule has 0 aliphatic carbocycles. The molecule has 0 spiro atoms. The highest BCUT2D eigenvalue weighted by Crippen LogP contribution is 2.27. The monoisotopic (exact) mass is 450 g/mol. The zero-order valence-corrected chi connectivity index (χ0v) is 19.1. The number of carbonyl (C=O) groups excluding carboxylic acids is 2. The molecule has 0 radical (unpaired) electrons. The lowest BCUT2D eigenvalue weighted by Gasteiger charge is -2.20. The van der Waals surface area contributed by atoms with Gasteiger partial charge in [0.25, 0.3) is 11.8 Å². The average Bonchev–Trinajstić information content (AvgIpc) is 3.21. The van der Waals surface area contributed by atoms with Gasteiger partial charge in [-0.3, -0.25) is 14.5 Å². The summed E-state index contributed by atoms with van der Waals surface area (Å²) < 4.78 is 1.96. The number of benzene rings is 2. The molecule has 2 heterocycles. The first-order valence-corrected chi connectivity index (χ1v) is 11.3. The molecule has 166 valence electrons. The fourth-order valence-electron chi connectivity index (χ4n) is 4.07. The lowest BCUT2D eigenvalue weighted by molar-refractivity contribution is 0.0941. The second kappa shape index (κ2) is 9.57. The molecule has 6 nitrogen and oxygen atoms in total. The van der Waals surface area contributed by atoms with E-state index in [1.165, 1.54) is 4.90 Å². The van der Waals surface area contributed by atoms with E-state index in [9.17, 15) is 9.59 Å². The van der Waals surface area contributed by atoms with Crippen LogP contribution in [0.4, 0.5) is 5.82 Å². The number of nitrogens with zero attached hydrogens (tertiary/aromatic N) is 3. The van der Waals surface area contributed by atoms with E-state index in [1.54, 1.807) is 31.3 Å². The number of anilines is 1. The number of carbonyl (C=O) groups is 2. The fourth-order valence-corrected chi connectivity index (χ4v) is 4.26. The molecular formula is C25H27ClN4O2. The van der Waals surface area contributed by atoms with Crippen LogP contribution in [0.15, 0.2) is 54.6 Å². The second-order valence-corrected chi connectivity index (χ2v) is 8.64. The van der Waals surface area contributed by atoms with Gasteiger partial charge in [0, 0.05) is 37.1 Å². The highest BCUT2D eigenvalue weighted by atomic mass is 35.5. The van der Waals surface area contributed by atoms with Crippen LogP contribution >= 0.6 is 11.6 Å². The Kier molecular flexibility index (Phi) is 6.61. The summed E-state index contributed by atoms with van der Waals surface area (Å²) in [5.74, 6) is 0.928. The Hall–Kier alpha value is -3.12. The third kappa shape index (κ3) is 4.55. The Bertz CT molecular complexity index is 1130. The number of fused-ring (bicyclic) bond motifs is 1. The molecular weight excluding hydrogens is 424 g/mol. The van der Waals surface area contributed by atoms with E-state index in [0.29, 0.717) is 28.6 Å². The van der Waals surface area contributed by atoms with Gasteiger partial charge >= 0.3 is 0 Å². The number of hydrogen-bond acceptors (Lipinski definition) is 3. The molecule has 1 N–H and O–H groups in total. The number of hydrogen-bond donors (Lipinski definition) is 1. The number of imidazole rings is 1. The molecule has 1 aliphatic heterocycles. The number of halogens is 1. The van der Waals surface area contributed by atoms with Gasteiger partial charge in [-0.1, -0.05) is 54.9 Å². The smallest absolute Gasteiger partial charge is 0.271 e. The van der Waals surface area contributed by atoms with E-state index in [1.807, 2.05) is 22.8 Å². The molecule has 4 rings (SSSR count). The third-order valence-electron chi connectivity index (χ3n) is 5.91. The molecule has 3 aromatic rings. The van der Waals surface area contributed by atoms with Crippen LogP contribution in [0.3, 0.4) is 0 Å². The normalized spacial score (nSPS) is 13.8. The van der Waals surface area contributed by atoms with Crippen LogP contribution < -0.4 is 10.2 Å². The fraction of sp³-hybridized carbons (Fsp3) is 0.320. The van der Waals surface area contributed by atoms with Crippen LogP contribution in [0.5, 0.6) is 0 Å². The summed E-state index contributed by atoms with van der Waals surface area (Å²) in [6.45, 7) is 3.30. The molecule has 0 bridgehead atoms. The Balaban J connectivity index is 1.60. The molecule has 2 aromatic carbocycles. The lowest BCUT2D eigenvalue weighted by Crippen LogP contribution is -2.33. The summed E-state index contributed by atoms with van der Waals surface area (Å²) in [5, 5.41) is 3.54. The standard InChI is InChI=1S/C25H27ClN4O2/c1-17(18-9-4-3-5-10-18)16-27-24(31)22-23(28-21-13-6-7-14-30(21)22)29(2)25(32)19-11-8-12-20(26)15-19/h3-5,8-12,15,17H,6-7,13-14,16H2,1-2H3,(H,27,31). The van der Waals surface area contributed by atoms with Gasteiger partial charge in [0.15, 0.2) is 11.5 Å². The van der Waals surface area contributed by atoms with Crippen molar-refractivity contribution in [2.45, 2.75) is 38.6 Å². The van der Waals surface area contributed by atoms with Gasteiger partial charge in [0.2, 0.25) is 0 Å². The van der Waals surface area contributed by atoms with Crippen molar-refractivity contribution in [1.82, 2.24) is 14.9 Å². The topological polar surface area (TPSA) is 67.2 Å². The number of rotatable bonds is 6. The van der Waals surface area contributed by atoms with Crippen LogP contribution in [-0.2, 0) is 13.0 Å². The van der Waals surface area contributed by atoms with Crippen molar-refractivity contribution in [1.29, 1.82) is 0 Å². The van der Waals surface area contributed by atoms with Gasteiger partial charge in [-0.2, -0.15) is 0 Å². The van der Waals surface area contributed by atoms with E-state index in [2.05, 4.69) is 24.4 Å². The second-order valence-electron chi connectivity index (χ2n) is 8.21. The zero-order chi connectivity index (χ0) is 22.7. The summed E-state index contributed by atoms with van der Waals surface area (Å²) in [4.78, 5) is 32.6. The Morgan fingerprint density at radius 3 is 2.69 bits per heavy atom. The van der Waals surface area contributed by atoms with E-state index < -0.39 is 0 Å². The van der Waals surface area contributed by atoms with Gasteiger partial charge in [-0.25, -0.2) is 4.98 Å². The maximum Gasteiger partial charge on any atom is 0.271 e. The van der Waals surface area contributed by atoms with E-state index in [4.69, 9.17) is 16.6 Å². The molecule has 1 unspecified atom stereocenters. The van der Waals surface area contributed by atoms with E-state index in [0.717, 1.165) is 37.2 Å². The predicted molar refractivity (Wildman–Crippen MR) is 127 cm³/mol. The Morgan fingerprint density at radius 1 is 1.16 bits per heavy atom. The van der Waals surface area contributed by atoms with Crippen LogP contribution in [0.1, 0.15) is 57.9 Å². The molecule has 7 heteroatoms. The van der Waals surface area contributed by atoms with Crippen molar-refractivity contribution in [3.8, 4) is 0 Å². The summed E-state index contributed by atoms with van der Waals surface area (Å²) in [6, 6.07) is 16.9. The Morgan fingerprint density at radius 2 is 1.94 bits per heavy atom. The number of aryl methyl sites for hydroxylation is 1. The zero-order valence-electron chi connectivity index (χ0n) is 18.3. The van der Waals surface area contributed by atoms with Crippen LogP contribution in [0.25, 0.3) is 0 Å². The minimum absolute atomic E-state index is 0.165. The quantitative estimate of drug-likeness (QED) is 0.592. The lowest BCUT2D eigenvalue weighted by atomic mass is 10.0. The SMILES string of the molecule is CC(CNC(=O)c1c(N(C)C(=O)c2cccc(Cl)c2)nc2n1CCCC2)c1ccccc1. The van der Waals surface area contributed by atoms with Crippen molar-refractivity contribution < 1.29 is 9.59 Å². The number of amides is 2.